The molecule has 3 aromatic rings. The number of nitrogens with one attached hydrogen (secondary N) is 2. The zero-order valence-electron chi connectivity index (χ0n) is 17.0. The molecule has 0 saturated carbocycles. The highest BCUT2D eigenvalue weighted by molar-refractivity contribution is 6.06. The Morgan fingerprint density at radius 1 is 1.21 bits per heavy atom. The maximum atomic E-state index is 12.8. The first kappa shape index (κ1) is 20.6. The molecule has 2 aromatic carbocycles. The largest absolute Gasteiger partial charge is 0.508 e. The van der Waals surface area contributed by atoms with E-state index in [1.807, 2.05) is 33.8 Å². The summed E-state index contributed by atoms with van der Waals surface area (Å²) in [6.45, 7) is 7.48. The molecular weight excluding hydrogens is 368 g/mol. The Labute approximate surface area is 169 Å². The van der Waals surface area contributed by atoms with Gasteiger partial charge in [-0.1, -0.05) is 39.8 Å². The number of hydrogen-bond acceptors (Lipinski definition) is 4. The zero-order chi connectivity index (χ0) is 21.3. The van der Waals surface area contributed by atoms with Crippen LogP contribution in [0, 0.1) is 0 Å². The molecule has 29 heavy (non-hydrogen) atoms. The van der Waals surface area contributed by atoms with Crippen molar-refractivity contribution in [2.75, 3.05) is 11.9 Å². The number of aliphatic hydroxyl groups is 1. The molecule has 1 amide bonds. The van der Waals surface area contributed by atoms with Crippen molar-refractivity contribution in [2.45, 2.75) is 39.0 Å². The van der Waals surface area contributed by atoms with Crippen LogP contribution in [0.4, 0.5) is 5.69 Å². The van der Waals surface area contributed by atoms with Gasteiger partial charge in [-0.05, 0) is 29.7 Å². The Kier molecular flexibility index (Phi) is 5.48. The molecular formula is C23H26N2O4. The van der Waals surface area contributed by atoms with Crippen molar-refractivity contribution in [1.29, 1.82) is 0 Å². The minimum atomic E-state index is -0.633. The lowest BCUT2D eigenvalue weighted by Gasteiger charge is -2.26. The fraction of sp³-hybridized carbons (Fsp3) is 0.304. The Bertz CT molecular complexity index is 1130. The molecule has 6 nitrogen and oxygen atoms in total. The van der Waals surface area contributed by atoms with Crippen LogP contribution in [0.3, 0.4) is 0 Å². The summed E-state index contributed by atoms with van der Waals surface area (Å²) in [6.07, 6.45) is 1.40. The Morgan fingerprint density at radius 2 is 1.90 bits per heavy atom. The fourth-order valence-corrected chi connectivity index (χ4v) is 3.34. The van der Waals surface area contributed by atoms with Gasteiger partial charge in [-0.3, -0.25) is 9.59 Å². The number of amides is 1. The summed E-state index contributed by atoms with van der Waals surface area (Å²) in [5, 5.41) is 23.4. The fourth-order valence-electron chi connectivity index (χ4n) is 3.34. The molecule has 0 radical (unpaired) electrons. The normalized spacial score (nSPS) is 11.8. The number of aromatic amines is 1. The number of fused-ring (bicyclic) bond motifs is 1. The van der Waals surface area contributed by atoms with Gasteiger partial charge in [0.1, 0.15) is 11.3 Å². The van der Waals surface area contributed by atoms with Gasteiger partial charge >= 0.3 is 0 Å². The van der Waals surface area contributed by atoms with Crippen molar-refractivity contribution >= 4 is 22.5 Å². The van der Waals surface area contributed by atoms with Gasteiger partial charge in [-0.2, -0.15) is 0 Å². The molecule has 4 N–H and O–H groups in total. The number of carbonyl (C=O) groups excluding carboxylic acids is 1. The van der Waals surface area contributed by atoms with E-state index in [0.717, 1.165) is 5.56 Å². The van der Waals surface area contributed by atoms with Gasteiger partial charge in [0.05, 0.1) is 6.61 Å². The van der Waals surface area contributed by atoms with E-state index in [2.05, 4.69) is 10.3 Å². The van der Waals surface area contributed by atoms with Crippen molar-refractivity contribution in [1.82, 2.24) is 4.98 Å². The Morgan fingerprint density at radius 3 is 2.55 bits per heavy atom. The number of carbonyl (C=O) groups is 1. The summed E-state index contributed by atoms with van der Waals surface area (Å²) in [5.74, 6) is -0.516. The summed E-state index contributed by atoms with van der Waals surface area (Å²) >= 11 is 0. The summed E-state index contributed by atoms with van der Waals surface area (Å²) in [6, 6.07) is 10.3. The first-order valence-corrected chi connectivity index (χ1v) is 9.55. The van der Waals surface area contributed by atoms with Gasteiger partial charge in [0.2, 0.25) is 5.43 Å². The minimum Gasteiger partial charge on any atom is -0.508 e. The van der Waals surface area contributed by atoms with Crippen LogP contribution in [-0.4, -0.2) is 27.7 Å². The molecule has 0 spiro atoms. The van der Waals surface area contributed by atoms with Crippen molar-refractivity contribution in [2.24, 2.45) is 0 Å². The summed E-state index contributed by atoms with van der Waals surface area (Å²) in [5.41, 5.74) is 1.52. The molecule has 0 aliphatic rings. The number of aromatic hydroxyl groups is 1. The van der Waals surface area contributed by atoms with Crippen LogP contribution in [0.15, 0.2) is 47.4 Å². The summed E-state index contributed by atoms with van der Waals surface area (Å²) in [4.78, 5) is 28.5. The molecule has 1 heterocycles. The lowest BCUT2D eigenvalue weighted by Crippen LogP contribution is -2.24. The van der Waals surface area contributed by atoms with E-state index in [0.29, 0.717) is 22.2 Å². The smallest absolute Gasteiger partial charge is 0.261 e. The Balaban J connectivity index is 2.04. The number of aromatic nitrogens is 1. The number of phenols is 1. The summed E-state index contributed by atoms with van der Waals surface area (Å²) < 4.78 is 0. The highest BCUT2D eigenvalue weighted by atomic mass is 16.3. The van der Waals surface area contributed by atoms with Gasteiger partial charge in [0.25, 0.3) is 5.91 Å². The molecule has 0 fully saturated rings. The van der Waals surface area contributed by atoms with Crippen LogP contribution in [-0.2, 0) is 5.41 Å². The first-order chi connectivity index (χ1) is 13.7. The molecule has 152 valence electrons. The molecule has 0 atom stereocenters. The molecule has 6 heteroatoms. The van der Waals surface area contributed by atoms with Gasteiger partial charge in [-0.15, -0.1) is 0 Å². The van der Waals surface area contributed by atoms with E-state index in [1.165, 1.54) is 12.3 Å². The monoisotopic (exact) mass is 394 g/mol. The molecule has 0 aliphatic carbocycles. The van der Waals surface area contributed by atoms with Crippen LogP contribution in [0.25, 0.3) is 10.9 Å². The summed E-state index contributed by atoms with van der Waals surface area (Å²) in [7, 11) is 0. The Hall–Kier alpha value is -3.12. The quantitative estimate of drug-likeness (QED) is 0.527. The van der Waals surface area contributed by atoms with E-state index in [-0.39, 0.29) is 29.3 Å². The van der Waals surface area contributed by atoms with Gasteiger partial charge in [0.15, 0.2) is 0 Å². The second kappa shape index (κ2) is 7.72. The second-order valence-electron chi connectivity index (χ2n) is 8.18. The lowest BCUT2D eigenvalue weighted by atomic mass is 9.82. The number of para-hydroxylation sites is 1. The number of phenolic OH excluding ortho intramolecular Hbond substituents is 1. The number of anilines is 1. The van der Waals surface area contributed by atoms with Crippen LogP contribution in [0.1, 0.15) is 55.1 Å². The minimum absolute atomic E-state index is 0.00217. The van der Waals surface area contributed by atoms with Crippen LogP contribution in [0.2, 0.25) is 0 Å². The van der Waals surface area contributed by atoms with E-state index in [4.69, 9.17) is 0 Å². The molecule has 0 aliphatic heterocycles. The third-order valence-corrected chi connectivity index (χ3v) is 5.20. The van der Waals surface area contributed by atoms with Gasteiger partial charge in [-0.25, -0.2) is 0 Å². The average Bonchev–Trinajstić information content (AvgIpc) is 2.68. The topological polar surface area (TPSA) is 102 Å². The molecule has 0 bridgehead atoms. The van der Waals surface area contributed by atoms with Crippen LogP contribution >= 0.6 is 0 Å². The van der Waals surface area contributed by atoms with Crippen LogP contribution < -0.4 is 10.7 Å². The predicted octanol–water partition coefficient (Wildman–Crippen LogP) is 3.88. The van der Waals surface area contributed by atoms with Gasteiger partial charge in [0, 0.05) is 39.8 Å². The molecule has 3 rings (SSSR count). The number of aliphatic hydroxyl groups excluding tert-OH is 1. The standard InChI is InChI=1S/C23H26N2O4/c1-13(2)15-9-17(23(3,4)12-26)20(27)10-19(15)25-22(29)16-11-24-18-8-6-5-7-14(18)21(16)28/h5-11,13,26-27H,12H2,1-4H3,(H,24,28)(H,25,29). The van der Waals surface area contributed by atoms with E-state index < -0.39 is 11.3 Å². The number of pyridine rings is 1. The third-order valence-electron chi connectivity index (χ3n) is 5.20. The maximum Gasteiger partial charge on any atom is 0.261 e. The number of hydrogen-bond donors (Lipinski definition) is 4. The van der Waals surface area contributed by atoms with Gasteiger partial charge < -0.3 is 20.5 Å². The van der Waals surface area contributed by atoms with Crippen molar-refractivity contribution < 1.29 is 15.0 Å². The SMILES string of the molecule is CC(C)c1cc(C(C)(C)CO)c(O)cc1NC(=O)c1c[nH]c2ccccc2c1=O. The van der Waals surface area contributed by atoms with Crippen molar-refractivity contribution in [3.05, 3.63) is 69.5 Å². The van der Waals surface area contributed by atoms with Crippen molar-refractivity contribution in [3.63, 3.8) is 0 Å². The van der Waals surface area contributed by atoms with Crippen LogP contribution in [0.5, 0.6) is 5.75 Å². The lowest BCUT2D eigenvalue weighted by molar-refractivity contribution is 0.102. The number of benzene rings is 2. The molecule has 0 unspecified atom stereocenters. The highest BCUT2D eigenvalue weighted by Gasteiger charge is 2.26. The number of rotatable bonds is 5. The molecule has 1 aromatic heterocycles. The number of H-pyrrole nitrogens is 1. The molecule has 0 saturated heterocycles. The van der Waals surface area contributed by atoms with E-state index in [9.17, 15) is 19.8 Å². The van der Waals surface area contributed by atoms with Crippen molar-refractivity contribution in [3.8, 4) is 5.75 Å². The first-order valence-electron chi connectivity index (χ1n) is 9.55. The predicted molar refractivity (Wildman–Crippen MR) is 115 cm³/mol. The zero-order valence-corrected chi connectivity index (χ0v) is 17.0. The van der Waals surface area contributed by atoms with E-state index in [1.54, 1.807) is 24.3 Å². The third kappa shape index (κ3) is 3.89. The average molecular weight is 394 g/mol. The highest BCUT2D eigenvalue weighted by Crippen LogP contribution is 2.37. The maximum absolute atomic E-state index is 12.8. The van der Waals surface area contributed by atoms with E-state index >= 15 is 0 Å². The second-order valence-corrected chi connectivity index (χ2v) is 8.18.